The Bertz CT molecular complexity index is 599. The number of benzene rings is 1. The minimum absolute atomic E-state index is 0.0896. The van der Waals surface area contributed by atoms with E-state index in [1.807, 2.05) is 13.0 Å². The van der Waals surface area contributed by atoms with E-state index in [4.69, 9.17) is 4.74 Å². The van der Waals surface area contributed by atoms with Crippen molar-refractivity contribution in [2.45, 2.75) is 25.2 Å². The van der Waals surface area contributed by atoms with E-state index in [0.717, 1.165) is 18.4 Å². The third-order valence-corrected chi connectivity index (χ3v) is 3.86. The number of aromatic nitrogens is 1. The summed E-state index contributed by atoms with van der Waals surface area (Å²) in [6.07, 6.45) is 3.97. The smallest absolute Gasteiger partial charge is 0.407 e. The number of hydrogen-bond acceptors (Lipinski definition) is 2. The Morgan fingerprint density at radius 3 is 2.95 bits per heavy atom. The van der Waals surface area contributed by atoms with Crippen LogP contribution in [0.5, 0.6) is 0 Å². The minimum Gasteiger partial charge on any atom is -0.450 e. The van der Waals surface area contributed by atoms with E-state index in [1.165, 1.54) is 10.9 Å². The molecule has 0 bridgehead atoms. The van der Waals surface area contributed by atoms with Gasteiger partial charge in [0.2, 0.25) is 0 Å². The lowest BCUT2D eigenvalue weighted by atomic mass is 9.95. The molecule has 0 aliphatic heterocycles. The van der Waals surface area contributed by atoms with Crippen LogP contribution in [0.15, 0.2) is 30.5 Å². The standard InChI is InChI=1S/C15H18N2O2/c1-2-19-14(18)17-10-15(7-8-15)12-9-16-13-6-4-3-5-11(12)13/h3-6,9,16H,2,7-8,10H2,1H3,(H,17,18). The lowest BCUT2D eigenvalue weighted by Gasteiger charge is -2.15. The van der Waals surface area contributed by atoms with Crippen LogP contribution in [0.25, 0.3) is 10.9 Å². The van der Waals surface area contributed by atoms with Gasteiger partial charge in [0.15, 0.2) is 0 Å². The van der Waals surface area contributed by atoms with Crippen LogP contribution in [0.3, 0.4) is 0 Å². The zero-order valence-corrected chi connectivity index (χ0v) is 11.0. The van der Waals surface area contributed by atoms with Gasteiger partial charge in [0.1, 0.15) is 0 Å². The van der Waals surface area contributed by atoms with Gasteiger partial charge in [-0.3, -0.25) is 0 Å². The van der Waals surface area contributed by atoms with Gasteiger partial charge in [-0.05, 0) is 31.4 Å². The summed E-state index contributed by atoms with van der Waals surface area (Å²) in [5, 5.41) is 4.12. The highest BCUT2D eigenvalue weighted by molar-refractivity contribution is 5.85. The molecule has 0 unspecified atom stereocenters. The predicted octanol–water partition coefficient (Wildman–Crippen LogP) is 2.95. The second-order valence-electron chi connectivity index (χ2n) is 5.10. The van der Waals surface area contributed by atoms with Crippen LogP contribution >= 0.6 is 0 Å². The first-order valence-corrected chi connectivity index (χ1v) is 6.72. The maximum atomic E-state index is 11.4. The van der Waals surface area contributed by atoms with Crippen molar-refractivity contribution in [1.29, 1.82) is 0 Å². The fraction of sp³-hybridized carbons (Fsp3) is 0.400. The van der Waals surface area contributed by atoms with Crippen LogP contribution in [0.1, 0.15) is 25.3 Å². The van der Waals surface area contributed by atoms with Crippen molar-refractivity contribution in [3.8, 4) is 0 Å². The predicted molar refractivity (Wildman–Crippen MR) is 74.2 cm³/mol. The molecule has 19 heavy (non-hydrogen) atoms. The molecule has 100 valence electrons. The van der Waals surface area contributed by atoms with Gasteiger partial charge in [-0.15, -0.1) is 0 Å². The van der Waals surface area contributed by atoms with Crippen molar-refractivity contribution in [1.82, 2.24) is 10.3 Å². The third-order valence-electron chi connectivity index (χ3n) is 3.86. The number of amides is 1. The van der Waals surface area contributed by atoms with Crippen LogP contribution < -0.4 is 5.32 Å². The Labute approximate surface area is 112 Å². The Kier molecular flexibility index (Phi) is 2.93. The normalized spacial score (nSPS) is 16.3. The van der Waals surface area contributed by atoms with E-state index in [9.17, 15) is 4.79 Å². The van der Waals surface area contributed by atoms with Crippen LogP contribution in [0.2, 0.25) is 0 Å². The molecule has 1 fully saturated rings. The molecule has 2 aromatic rings. The summed E-state index contributed by atoms with van der Waals surface area (Å²) >= 11 is 0. The maximum absolute atomic E-state index is 11.4. The number of nitrogens with one attached hydrogen (secondary N) is 2. The summed E-state index contributed by atoms with van der Waals surface area (Å²) in [5.41, 5.74) is 2.55. The molecule has 1 saturated carbocycles. The van der Waals surface area contributed by atoms with Gasteiger partial charge < -0.3 is 15.0 Å². The largest absolute Gasteiger partial charge is 0.450 e. The van der Waals surface area contributed by atoms with Gasteiger partial charge in [0, 0.05) is 29.1 Å². The molecular formula is C15H18N2O2. The van der Waals surface area contributed by atoms with Gasteiger partial charge in [0.05, 0.1) is 6.61 Å². The summed E-state index contributed by atoms with van der Waals surface area (Å²) in [6.45, 7) is 2.87. The summed E-state index contributed by atoms with van der Waals surface area (Å²) in [5.74, 6) is 0. The Balaban J connectivity index is 1.79. The number of carbonyl (C=O) groups is 1. The van der Waals surface area contributed by atoms with E-state index in [-0.39, 0.29) is 11.5 Å². The van der Waals surface area contributed by atoms with E-state index >= 15 is 0 Å². The molecule has 0 spiro atoms. The Hall–Kier alpha value is -1.97. The SMILES string of the molecule is CCOC(=O)NCC1(c2c[nH]c3ccccc23)CC1. The number of fused-ring (bicyclic) bond motifs is 1. The summed E-state index contributed by atoms with van der Waals surface area (Å²) < 4.78 is 4.91. The first kappa shape index (κ1) is 12.1. The molecule has 1 aliphatic carbocycles. The van der Waals surface area contributed by atoms with Crippen molar-refractivity contribution >= 4 is 17.0 Å². The number of H-pyrrole nitrogens is 1. The maximum Gasteiger partial charge on any atom is 0.407 e. The van der Waals surface area contributed by atoms with E-state index in [2.05, 4.69) is 34.7 Å². The number of aromatic amines is 1. The number of carbonyl (C=O) groups excluding carboxylic acids is 1. The average Bonchev–Trinajstić information content (AvgIpc) is 3.08. The van der Waals surface area contributed by atoms with Crippen molar-refractivity contribution in [2.75, 3.05) is 13.2 Å². The van der Waals surface area contributed by atoms with Crippen LogP contribution in [-0.4, -0.2) is 24.2 Å². The van der Waals surface area contributed by atoms with E-state index in [0.29, 0.717) is 13.2 Å². The number of hydrogen-bond donors (Lipinski definition) is 2. The first-order valence-electron chi connectivity index (χ1n) is 6.72. The van der Waals surface area contributed by atoms with Crippen LogP contribution in [-0.2, 0) is 10.2 Å². The number of ether oxygens (including phenoxy) is 1. The summed E-state index contributed by atoms with van der Waals surface area (Å²) in [7, 11) is 0. The summed E-state index contributed by atoms with van der Waals surface area (Å²) in [6, 6.07) is 8.28. The summed E-state index contributed by atoms with van der Waals surface area (Å²) in [4.78, 5) is 14.7. The molecule has 1 aromatic heterocycles. The fourth-order valence-electron chi connectivity index (χ4n) is 2.63. The molecule has 0 radical (unpaired) electrons. The Morgan fingerprint density at radius 1 is 1.42 bits per heavy atom. The molecule has 1 amide bonds. The van der Waals surface area contributed by atoms with Crippen LogP contribution in [0, 0.1) is 0 Å². The van der Waals surface area contributed by atoms with E-state index in [1.54, 1.807) is 0 Å². The molecule has 2 N–H and O–H groups in total. The van der Waals surface area contributed by atoms with Crippen LogP contribution in [0.4, 0.5) is 4.79 Å². The van der Waals surface area contributed by atoms with Gasteiger partial charge >= 0.3 is 6.09 Å². The highest BCUT2D eigenvalue weighted by Gasteiger charge is 2.45. The zero-order chi connectivity index (χ0) is 13.3. The lowest BCUT2D eigenvalue weighted by molar-refractivity contribution is 0.151. The highest BCUT2D eigenvalue weighted by atomic mass is 16.5. The molecule has 4 nitrogen and oxygen atoms in total. The van der Waals surface area contributed by atoms with Crippen molar-refractivity contribution in [2.24, 2.45) is 0 Å². The van der Waals surface area contributed by atoms with Crippen molar-refractivity contribution in [3.05, 3.63) is 36.0 Å². The topological polar surface area (TPSA) is 54.1 Å². The second kappa shape index (κ2) is 4.61. The van der Waals surface area contributed by atoms with Gasteiger partial charge in [0.25, 0.3) is 0 Å². The molecule has 0 atom stereocenters. The van der Waals surface area contributed by atoms with E-state index < -0.39 is 0 Å². The highest BCUT2D eigenvalue weighted by Crippen LogP contribution is 2.49. The minimum atomic E-state index is -0.325. The molecule has 1 heterocycles. The first-order chi connectivity index (χ1) is 9.25. The third kappa shape index (κ3) is 2.18. The number of rotatable bonds is 4. The van der Waals surface area contributed by atoms with Crippen molar-refractivity contribution in [3.63, 3.8) is 0 Å². The molecular weight excluding hydrogens is 240 g/mol. The van der Waals surface area contributed by atoms with Crippen molar-refractivity contribution < 1.29 is 9.53 Å². The molecule has 1 aromatic carbocycles. The number of alkyl carbamates (subject to hydrolysis) is 1. The average molecular weight is 258 g/mol. The quantitative estimate of drug-likeness (QED) is 0.885. The molecule has 4 heteroatoms. The number of para-hydroxylation sites is 1. The molecule has 3 rings (SSSR count). The fourth-order valence-corrected chi connectivity index (χ4v) is 2.63. The van der Waals surface area contributed by atoms with Gasteiger partial charge in [-0.2, -0.15) is 0 Å². The monoisotopic (exact) mass is 258 g/mol. The molecule has 1 aliphatic rings. The second-order valence-corrected chi connectivity index (χ2v) is 5.10. The zero-order valence-electron chi connectivity index (χ0n) is 11.0. The van der Waals surface area contributed by atoms with Gasteiger partial charge in [-0.25, -0.2) is 4.79 Å². The Morgan fingerprint density at radius 2 is 2.21 bits per heavy atom. The lowest BCUT2D eigenvalue weighted by Crippen LogP contribution is -2.32. The van der Waals surface area contributed by atoms with Gasteiger partial charge in [-0.1, -0.05) is 18.2 Å². The molecule has 0 saturated heterocycles.